The van der Waals surface area contributed by atoms with Gasteiger partial charge in [-0.15, -0.1) is 0 Å². The highest BCUT2D eigenvalue weighted by Gasteiger charge is 2.30. The lowest BCUT2D eigenvalue weighted by molar-refractivity contribution is -0.137. The van der Waals surface area contributed by atoms with Crippen LogP contribution in [0.5, 0.6) is 0 Å². The number of halogens is 3. The van der Waals surface area contributed by atoms with Gasteiger partial charge in [0, 0.05) is 31.4 Å². The molecule has 0 aromatic heterocycles. The summed E-state index contributed by atoms with van der Waals surface area (Å²) in [4.78, 5) is 2.00. The lowest BCUT2D eigenvalue weighted by atomic mass is 10.1. The largest absolute Gasteiger partial charge is 0.416 e. The van der Waals surface area contributed by atoms with Crippen molar-refractivity contribution in [3.05, 3.63) is 29.8 Å². The molecule has 6 heteroatoms. The predicted molar refractivity (Wildman–Crippen MR) is 65.7 cm³/mol. The van der Waals surface area contributed by atoms with Gasteiger partial charge >= 0.3 is 6.18 Å². The number of hydrogen-bond donors (Lipinski definition) is 1. The van der Waals surface area contributed by atoms with Gasteiger partial charge in [-0.05, 0) is 24.3 Å². The quantitative estimate of drug-likeness (QED) is 0.896. The van der Waals surface area contributed by atoms with Gasteiger partial charge in [0.05, 0.1) is 18.1 Å². The third kappa shape index (κ3) is 3.38. The van der Waals surface area contributed by atoms with Crippen molar-refractivity contribution >= 4 is 5.69 Å². The molecular weight excluding hydrogens is 255 g/mol. The Kier molecular flexibility index (Phi) is 3.96. The lowest BCUT2D eigenvalue weighted by Gasteiger charge is -2.34. The van der Waals surface area contributed by atoms with E-state index in [1.807, 2.05) is 4.90 Å². The maximum Gasteiger partial charge on any atom is 0.416 e. The lowest BCUT2D eigenvalue weighted by Crippen LogP contribution is -2.50. The van der Waals surface area contributed by atoms with Gasteiger partial charge in [0.25, 0.3) is 0 Å². The molecule has 0 amide bonds. The summed E-state index contributed by atoms with van der Waals surface area (Å²) in [6, 6.07) is 7.33. The van der Waals surface area contributed by atoms with Crippen molar-refractivity contribution in [3.8, 4) is 6.07 Å². The van der Waals surface area contributed by atoms with Crippen molar-refractivity contribution in [1.29, 1.82) is 5.26 Å². The number of nitriles is 1. The molecule has 1 fully saturated rings. The number of alkyl halides is 3. The summed E-state index contributed by atoms with van der Waals surface area (Å²) < 4.78 is 37.4. The molecule has 19 heavy (non-hydrogen) atoms. The minimum absolute atomic E-state index is 0.0704. The zero-order valence-electron chi connectivity index (χ0n) is 10.2. The number of nitrogens with zero attached hydrogens (tertiary/aromatic N) is 2. The van der Waals surface area contributed by atoms with Crippen molar-refractivity contribution in [2.75, 3.05) is 24.5 Å². The van der Waals surface area contributed by atoms with Crippen LogP contribution in [0.15, 0.2) is 24.3 Å². The monoisotopic (exact) mass is 269 g/mol. The average Bonchev–Trinajstić information content (AvgIpc) is 2.39. The summed E-state index contributed by atoms with van der Waals surface area (Å²) in [5, 5.41) is 11.9. The summed E-state index contributed by atoms with van der Waals surface area (Å²) >= 11 is 0. The first-order chi connectivity index (χ1) is 9.00. The van der Waals surface area contributed by atoms with Crippen LogP contribution < -0.4 is 10.2 Å². The fraction of sp³-hybridized carbons (Fsp3) is 0.462. The van der Waals surface area contributed by atoms with Crippen LogP contribution in [0.1, 0.15) is 12.0 Å². The highest BCUT2D eigenvalue weighted by molar-refractivity contribution is 5.48. The first-order valence-corrected chi connectivity index (χ1v) is 6.03. The second-order valence-corrected chi connectivity index (χ2v) is 4.50. The molecule has 1 atom stereocenters. The van der Waals surface area contributed by atoms with E-state index in [0.717, 1.165) is 30.9 Å². The second-order valence-electron chi connectivity index (χ2n) is 4.50. The Bertz CT molecular complexity index is 462. The molecule has 1 unspecified atom stereocenters. The Morgan fingerprint density at radius 2 is 2.00 bits per heavy atom. The maximum atomic E-state index is 12.5. The van der Waals surface area contributed by atoms with Crippen molar-refractivity contribution in [3.63, 3.8) is 0 Å². The van der Waals surface area contributed by atoms with Gasteiger partial charge in [-0.3, -0.25) is 0 Å². The second kappa shape index (κ2) is 5.49. The summed E-state index contributed by atoms with van der Waals surface area (Å²) in [5.41, 5.74) is 0.123. The first kappa shape index (κ1) is 13.7. The molecule has 1 aliphatic rings. The number of rotatable bonds is 2. The Balaban J connectivity index is 2.08. The zero-order valence-corrected chi connectivity index (χ0v) is 10.2. The summed E-state index contributed by atoms with van der Waals surface area (Å²) in [7, 11) is 0. The smallest absolute Gasteiger partial charge is 0.369 e. The fourth-order valence-corrected chi connectivity index (χ4v) is 2.17. The van der Waals surface area contributed by atoms with Crippen LogP contribution in [0.4, 0.5) is 18.9 Å². The van der Waals surface area contributed by atoms with Crippen LogP contribution in [0.3, 0.4) is 0 Å². The van der Waals surface area contributed by atoms with E-state index in [0.29, 0.717) is 13.0 Å². The Hall–Kier alpha value is -1.74. The van der Waals surface area contributed by atoms with E-state index in [1.165, 1.54) is 12.1 Å². The number of nitrogens with one attached hydrogen (secondary N) is 1. The molecule has 1 aromatic carbocycles. The van der Waals surface area contributed by atoms with Gasteiger partial charge in [-0.1, -0.05) is 0 Å². The van der Waals surface area contributed by atoms with Crippen LogP contribution >= 0.6 is 0 Å². The Morgan fingerprint density at radius 1 is 1.32 bits per heavy atom. The molecule has 102 valence electrons. The van der Waals surface area contributed by atoms with Gasteiger partial charge in [0.15, 0.2) is 0 Å². The van der Waals surface area contributed by atoms with Crippen LogP contribution in [0.25, 0.3) is 0 Å². The van der Waals surface area contributed by atoms with Gasteiger partial charge in [0.1, 0.15) is 0 Å². The van der Waals surface area contributed by atoms with E-state index in [4.69, 9.17) is 5.26 Å². The Morgan fingerprint density at radius 3 is 2.58 bits per heavy atom. The SMILES string of the molecule is N#CCC1CN(c2ccc(C(F)(F)F)cc2)CCN1. The number of piperazine rings is 1. The number of benzene rings is 1. The van der Waals surface area contributed by atoms with Crippen molar-refractivity contribution in [1.82, 2.24) is 5.32 Å². The summed E-state index contributed by atoms with van der Waals surface area (Å²) in [6.07, 6.45) is -3.90. The van der Waals surface area contributed by atoms with Crippen molar-refractivity contribution < 1.29 is 13.2 Å². The van der Waals surface area contributed by atoms with E-state index in [2.05, 4.69) is 11.4 Å². The first-order valence-electron chi connectivity index (χ1n) is 6.03. The normalized spacial score (nSPS) is 20.1. The third-order valence-corrected chi connectivity index (χ3v) is 3.15. The van der Waals surface area contributed by atoms with Crippen LogP contribution in [0.2, 0.25) is 0 Å². The fourth-order valence-electron chi connectivity index (χ4n) is 2.17. The van der Waals surface area contributed by atoms with E-state index < -0.39 is 11.7 Å². The predicted octanol–water partition coefficient (Wildman–Crippen LogP) is 2.40. The Labute approximate surface area is 109 Å². The van der Waals surface area contributed by atoms with E-state index in [9.17, 15) is 13.2 Å². The van der Waals surface area contributed by atoms with Crippen LogP contribution in [-0.2, 0) is 6.18 Å². The molecule has 1 N–H and O–H groups in total. The molecule has 1 aliphatic heterocycles. The molecular formula is C13H14F3N3. The number of hydrogen-bond acceptors (Lipinski definition) is 3. The summed E-state index contributed by atoms with van der Waals surface area (Å²) in [5.74, 6) is 0. The molecule has 1 aromatic rings. The topological polar surface area (TPSA) is 39.1 Å². The molecule has 0 aliphatic carbocycles. The highest BCUT2D eigenvalue weighted by Crippen LogP contribution is 2.30. The minimum Gasteiger partial charge on any atom is -0.369 e. The average molecular weight is 269 g/mol. The number of anilines is 1. The molecule has 0 radical (unpaired) electrons. The van der Waals surface area contributed by atoms with E-state index in [-0.39, 0.29) is 6.04 Å². The third-order valence-electron chi connectivity index (χ3n) is 3.15. The molecule has 0 saturated carbocycles. The van der Waals surface area contributed by atoms with E-state index >= 15 is 0 Å². The van der Waals surface area contributed by atoms with Crippen LogP contribution in [0, 0.1) is 11.3 Å². The standard InChI is InChI=1S/C13H14F3N3/c14-13(15,16)10-1-3-12(4-2-10)19-8-7-18-11(9-19)5-6-17/h1-4,11,18H,5,7-9H2. The summed E-state index contributed by atoms with van der Waals surface area (Å²) in [6.45, 7) is 2.10. The van der Waals surface area contributed by atoms with Gasteiger partial charge in [-0.2, -0.15) is 18.4 Å². The molecule has 1 heterocycles. The van der Waals surface area contributed by atoms with Gasteiger partial charge < -0.3 is 10.2 Å². The van der Waals surface area contributed by atoms with E-state index in [1.54, 1.807) is 0 Å². The molecule has 3 nitrogen and oxygen atoms in total. The molecule has 0 bridgehead atoms. The molecule has 2 rings (SSSR count). The van der Waals surface area contributed by atoms with Crippen LogP contribution in [-0.4, -0.2) is 25.7 Å². The maximum absolute atomic E-state index is 12.5. The molecule has 1 saturated heterocycles. The van der Waals surface area contributed by atoms with Gasteiger partial charge in [0.2, 0.25) is 0 Å². The zero-order chi connectivity index (χ0) is 13.9. The van der Waals surface area contributed by atoms with Crippen molar-refractivity contribution in [2.45, 2.75) is 18.6 Å². The molecule has 0 spiro atoms. The van der Waals surface area contributed by atoms with Crippen molar-refractivity contribution in [2.24, 2.45) is 0 Å². The van der Waals surface area contributed by atoms with Gasteiger partial charge in [-0.25, -0.2) is 0 Å². The highest BCUT2D eigenvalue weighted by atomic mass is 19.4. The minimum atomic E-state index is -4.30.